The molecule has 0 saturated carbocycles. The molecular weight excluding hydrogens is 424 g/mol. The molecule has 0 amide bonds. The van der Waals surface area contributed by atoms with Gasteiger partial charge >= 0.3 is 0 Å². The summed E-state index contributed by atoms with van der Waals surface area (Å²) >= 11 is 0. The van der Waals surface area contributed by atoms with E-state index in [0.29, 0.717) is 0 Å². The van der Waals surface area contributed by atoms with Crippen LogP contribution in [0.4, 0.5) is 0 Å². The van der Waals surface area contributed by atoms with Gasteiger partial charge in [0.1, 0.15) is 0 Å². The van der Waals surface area contributed by atoms with E-state index < -0.39 is 0 Å². The van der Waals surface area contributed by atoms with Crippen LogP contribution in [0.2, 0.25) is 0 Å². The highest BCUT2D eigenvalue weighted by atomic mass is 16.3. The molecule has 35 heavy (non-hydrogen) atoms. The highest BCUT2D eigenvalue weighted by molar-refractivity contribution is 4.58. The molecule has 0 bridgehead atoms. The van der Waals surface area contributed by atoms with E-state index in [-0.39, 0.29) is 6.10 Å². The Balaban J connectivity index is 3.09. The quantitative estimate of drug-likeness (QED) is 0.0950. The Hall–Kier alpha value is -0.0400. The molecule has 0 aromatic heterocycles. The largest absolute Gasteiger partial charge is 0.393 e. The maximum atomic E-state index is 10.2. The Morgan fingerprint density at radius 3 is 0.657 bits per heavy atom. The minimum atomic E-state index is -0.0317. The molecule has 1 atom stereocenters. The topological polar surface area (TPSA) is 20.2 Å². The predicted molar refractivity (Wildman–Crippen MR) is 160 cm³/mol. The zero-order chi connectivity index (χ0) is 25.5. The van der Waals surface area contributed by atoms with Gasteiger partial charge in [0.05, 0.1) is 6.10 Å². The lowest BCUT2D eigenvalue weighted by Gasteiger charge is -2.10. The van der Waals surface area contributed by atoms with E-state index in [1.54, 1.807) is 0 Å². The molecular formula is C34H70O. The fourth-order valence-corrected chi connectivity index (χ4v) is 5.47. The number of hydrogen-bond acceptors (Lipinski definition) is 1. The minimum absolute atomic E-state index is 0.0317. The third-order valence-corrected chi connectivity index (χ3v) is 8.03. The van der Waals surface area contributed by atoms with E-state index in [1.807, 2.05) is 0 Å². The smallest absolute Gasteiger partial charge is 0.0540 e. The molecule has 1 nitrogen and oxygen atoms in total. The molecule has 0 spiro atoms. The first kappa shape index (κ1) is 35.0. The van der Waals surface area contributed by atoms with E-state index in [9.17, 15) is 5.11 Å². The maximum absolute atomic E-state index is 10.2. The van der Waals surface area contributed by atoms with Crippen LogP contribution in [0.25, 0.3) is 0 Å². The van der Waals surface area contributed by atoms with Crippen molar-refractivity contribution >= 4 is 0 Å². The van der Waals surface area contributed by atoms with Crippen LogP contribution in [0.3, 0.4) is 0 Å². The van der Waals surface area contributed by atoms with Crippen LogP contribution in [0, 0.1) is 0 Å². The maximum Gasteiger partial charge on any atom is 0.0540 e. The average Bonchev–Trinajstić information content (AvgIpc) is 2.86. The van der Waals surface area contributed by atoms with Gasteiger partial charge < -0.3 is 5.11 Å². The Kier molecular flexibility index (Phi) is 32.0. The molecule has 0 aliphatic rings. The molecule has 0 fully saturated rings. The zero-order valence-corrected chi connectivity index (χ0v) is 24.9. The van der Waals surface area contributed by atoms with Crippen molar-refractivity contribution in [2.24, 2.45) is 0 Å². The summed E-state index contributed by atoms with van der Waals surface area (Å²) < 4.78 is 0. The van der Waals surface area contributed by atoms with E-state index in [1.165, 1.54) is 186 Å². The number of hydrogen-bond donors (Lipinski definition) is 1. The summed E-state index contributed by atoms with van der Waals surface area (Å²) in [5.41, 5.74) is 0. The highest BCUT2D eigenvalue weighted by Crippen LogP contribution is 2.17. The van der Waals surface area contributed by atoms with Gasteiger partial charge in [0.15, 0.2) is 0 Å². The first-order chi connectivity index (χ1) is 17.3. The number of unbranched alkanes of at least 4 members (excludes halogenated alkanes) is 27. The second kappa shape index (κ2) is 32.0. The Labute approximate surface area is 224 Å². The van der Waals surface area contributed by atoms with Crippen molar-refractivity contribution in [1.82, 2.24) is 0 Å². The van der Waals surface area contributed by atoms with Crippen LogP contribution in [0.5, 0.6) is 0 Å². The van der Waals surface area contributed by atoms with Crippen LogP contribution < -0.4 is 0 Å². The molecule has 0 aliphatic carbocycles. The zero-order valence-electron chi connectivity index (χ0n) is 24.9. The van der Waals surface area contributed by atoms with Crippen LogP contribution in [-0.2, 0) is 0 Å². The second-order valence-corrected chi connectivity index (χ2v) is 11.8. The van der Waals surface area contributed by atoms with Gasteiger partial charge in [-0.15, -0.1) is 0 Å². The first-order valence-electron chi connectivity index (χ1n) is 17.0. The van der Waals surface area contributed by atoms with Crippen molar-refractivity contribution in [2.45, 2.75) is 219 Å². The summed E-state index contributed by atoms with van der Waals surface area (Å²) in [7, 11) is 0. The molecule has 0 radical (unpaired) electrons. The molecule has 1 heteroatoms. The third kappa shape index (κ3) is 31.9. The van der Waals surface area contributed by atoms with Crippen LogP contribution in [0.15, 0.2) is 0 Å². The molecule has 1 unspecified atom stereocenters. The predicted octanol–water partition coefficient (Wildman–Crippen LogP) is 12.5. The van der Waals surface area contributed by atoms with Crippen LogP contribution >= 0.6 is 0 Å². The number of aliphatic hydroxyl groups excluding tert-OH is 1. The van der Waals surface area contributed by atoms with Crippen LogP contribution in [-0.4, -0.2) is 11.2 Å². The first-order valence-corrected chi connectivity index (χ1v) is 17.0. The minimum Gasteiger partial charge on any atom is -0.393 e. The van der Waals surface area contributed by atoms with Gasteiger partial charge in [-0.25, -0.2) is 0 Å². The Morgan fingerprint density at radius 2 is 0.457 bits per heavy atom. The summed E-state index contributed by atoms with van der Waals surface area (Å²) in [6.45, 7) is 4.58. The van der Waals surface area contributed by atoms with Gasteiger partial charge in [0.25, 0.3) is 0 Å². The van der Waals surface area contributed by atoms with Crippen molar-refractivity contribution in [1.29, 1.82) is 0 Å². The van der Waals surface area contributed by atoms with E-state index in [0.717, 1.165) is 12.8 Å². The van der Waals surface area contributed by atoms with Crippen molar-refractivity contribution in [3.8, 4) is 0 Å². The molecule has 0 aromatic carbocycles. The number of aliphatic hydroxyl groups is 1. The summed E-state index contributed by atoms with van der Waals surface area (Å²) in [4.78, 5) is 0. The average molecular weight is 495 g/mol. The molecule has 1 N–H and O–H groups in total. The summed E-state index contributed by atoms with van der Waals surface area (Å²) in [6.07, 6.45) is 43.1. The van der Waals surface area contributed by atoms with Crippen molar-refractivity contribution in [3.63, 3.8) is 0 Å². The summed E-state index contributed by atoms with van der Waals surface area (Å²) in [5, 5.41) is 10.2. The monoisotopic (exact) mass is 495 g/mol. The molecule has 0 aliphatic heterocycles. The van der Waals surface area contributed by atoms with Gasteiger partial charge in [-0.05, 0) is 12.8 Å². The SMILES string of the molecule is CCCCCCCCCCCCCCCCCCCCCCCCC(O)CCCCCCCCC. The van der Waals surface area contributed by atoms with Crippen molar-refractivity contribution < 1.29 is 5.11 Å². The van der Waals surface area contributed by atoms with Gasteiger partial charge in [0, 0.05) is 0 Å². The third-order valence-electron chi connectivity index (χ3n) is 8.03. The van der Waals surface area contributed by atoms with Gasteiger partial charge in [0.2, 0.25) is 0 Å². The lowest BCUT2D eigenvalue weighted by atomic mass is 10.0. The number of rotatable bonds is 31. The van der Waals surface area contributed by atoms with Crippen molar-refractivity contribution in [2.75, 3.05) is 0 Å². The molecule has 0 rings (SSSR count). The second-order valence-electron chi connectivity index (χ2n) is 11.8. The summed E-state index contributed by atoms with van der Waals surface area (Å²) in [6, 6.07) is 0. The molecule has 212 valence electrons. The molecule has 0 saturated heterocycles. The van der Waals surface area contributed by atoms with E-state index >= 15 is 0 Å². The van der Waals surface area contributed by atoms with E-state index in [4.69, 9.17) is 0 Å². The van der Waals surface area contributed by atoms with Crippen molar-refractivity contribution in [3.05, 3.63) is 0 Å². The van der Waals surface area contributed by atoms with Crippen LogP contribution in [0.1, 0.15) is 213 Å². The van der Waals surface area contributed by atoms with Gasteiger partial charge in [-0.1, -0.05) is 200 Å². The fourth-order valence-electron chi connectivity index (χ4n) is 5.47. The van der Waals surface area contributed by atoms with E-state index in [2.05, 4.69) is 13.8 Å². The molecule has 0 heterocycles. The lowest BCUT2D eigenvalue weighted by molar-refractivity contribution is 0.147. The lowest BCUT2D eigenvalue weighted by Crippen LogP contribution is -2.05. The fraction of sp³-hybridized carbons (Fsp3) is 1.00. The standard InChI is InChI=1S/C34H70O/c1-3-5-7-9-11-12-13-14-15-16-17-18-19-20-21-22-23-24-25-27-29-31-33-34(35)32-30-28-26-10-8-6-4-2/h34-35H,3-33H2,1-2H3. The summed E-state index contributed by atoms with van der Waals surface area (Å²) in [5.74, 6) is 0. The van der Waals surface area contributed by atoms with Gasteiger partial charge in [-0.2, -0.15) is 0 Å². The van der Waals surface area contributed by atoms with Gasteiger partial charge in [-0.3, -0.25) is 0 Å². The Morgan fingerprint density at radius 1 is 0.286 bits per heavy atom. The highest BCUT2D eigenvalue weighted by Gasteiger charge is 2.03. The molecule has 0 aromatic rings. The Bertz CT molecular complexity index is 352. The normalized spacial score (nSPS) is 12.4.